The molecule has 0 bridgehead atoms. The molecule has 10 rings (SSSR count). The number of anilines is 3. The van der Waals surface area contributed by atoms with Gasteiger partial charge in [-0.3, -0.25) is 0 Å². The number of hydrogen-bond donors (Lipinski definition) is 0. The van der Waals surface area contributed by atoms with Crippen LogP contribution in [0.2, 0.25) is 0 Å². The molecule has 5 nitrogen and oxygen atoms in total. The Kier molecular flexibility index (Phi) is 6.86. The Hall–Kier alpha value is -7.60. The van der Waals surface area contributed by atoms with Gasteiger partial charge in [0.15, 0.2) is 0 Å². The van der Waals surface area contributed by atoms with E-state index >= 15 is 0 Å². The molecule has 0 aliphatic carbocycles. The van der Waals surface area contributed by atoms with Gasteiger partial charge in [0.1, 0.15) is 0 Å². The van der Waals surface area contributed by atoms with E-state index in [4.69, 9.17) is 6.57 Å². The third-order valence-corrected chi connectivity index (χ3v) is 10.3. The first-order valence-corrected chi connectivity index (χ1v) is 17.5. The molecule has 0 amide bonds. The van der Waals surface area contributed by atoms with Crippen molar-refractivity contribution < 1.29 is 0 Å². The molecule has 5 heteroatoms. The van der Waals surface area contributed by atoms with Gasteiger partial charge < -0.3 is 14.0 Å². The summed E-state index contributed by atoms with van der Waals surface area (Å²) < 4.78 is 4.32. The number of nitrogens with zero attached hydrogens (tertiary/aromatic N) is 5. The van der Waals surface area contributed by atoms with Crippen molar-refractivity contribution in [3.8, 4) is 17.4 Å². The molecule has 246 valence electrons. The summed E-state index contributed by atoms with van der Waals surface area (Å²) in [6.45, 7) is 8.71. The Morgan fingerprint density at radius 2 is 0.981 bits per heavy atom. The van der Waals surface area contributed by atoms with Gasteiger partial charge in [0.25, 0.3) is 0 Å². The lowest BCUT2D eigenvalue weighted by Gasteiger charge is -2.25. The lowest BCUT2D eigenvalue weighted by atomic mass is 10.0. The highest BCUT2D eigenvalue weighted by molar-refractivity contribution is 6.22. The average molecular weight is 676 g/mol. The molecule has 0 saturated heterocycles. The van der Waals surface area contributed by atoms with E-state index in [0.717, 1.165) is 71.4 Å². The average Bonchev–Trinajstić information content (AvgIpc) is 3.74. The SMILES string of the molecule is [C-]#[N+]c1c(-n2c3ccccc3c3ccccc32)cc(C#N)cc1-n1c2ccc(N(c3ccccc3)c3ccccc3)cc2c2c3ccccc3ccc21. The molecule has 0 radical (unpaired) electrons. The molecule has 2 aromatic heterocycles. The fraction of sp³-hybridized carbons (Fsp3) is 0. The van der Waals surface area contributed by atoms with Gasteiger partial charge in [-0.05, 0) is 83.6 Å². The molecule has 0 unspecified atom stereocenters. The summed E-state index contributed by atoms with van der Waals surface area (Å²) in [5, 5.41) is 17.1. The number of aromatic nitrogens is 2. The Balaban J connectivity index is 1.32. The Bertz CT molecular complexity index is 3050. The summed E-state index contributed by atoms with van der Waals surface area (Å²) in [5.41, 5.74) is 9.32. The lowest BCUT2D eigenvalue weighted by molar-refractivity contribution is 1.14. The fourth-order valence-electron chi connectivity index (χ4n) is 8.08. The predicted molar refractivity (Wildman–Crippen MR) is 218 cm³/mol. The van der Waals surface area contributed by atoms with Gasteiger partial charge in [-0.15, -0.1) is 0 Å². The number of hydrogen-bond acceptors (Lipinski definition) is 2. The minimum Gasteiger partial charge on any atom is -0.319 e. The van der Waals surface area contributed by atoms with E-state index in [2.05, 4.69) is 152 Å². The third-order valence-electron chi connectivity index (χ3n) is 10.3. The summed E-state index contributed by atoms with van der Waals surface area (Å²) in [6, 6.07) is 62.8. The molecule has 53 heavy (non-hydrogen) atoms. The second-order valence-electron chi connectivity index (χ2n) is 13.2. The van der Waals surface area contributed by atoms with Crippen molar-refractivity contribution in [3.05, 3.63) is 193 Å². The van der Waals surface area contributed by atoms with Crippen LogP contribution in [0.3, 0.4) is 0 Å². The molecule has 0 aliphatic heterocycles. The number of rotatable bonds is 5. The van der Waals surface area contributed by atoms with Crippen LogP contribution in [0.1, 0.15) is 5.56 Å². The van der Waals surface area contributed by atoms with E-state index in [1.54, 1.807) is 0 Å². The largest absolute Gasteiger partial charge is 0.319 e. The van der Waals surface area contributed by atoms with Gasteiger partial charge in [0.2, 0.25) is 5.69 Å². The Morgan fingerprint density at radius 3 is 1.58 bits per heavy atom. The molecule has 0 spiro atoms. The molecule has 0 N–H and O–H groups in total. The number of benzene rings is 8. The van der Waals surface area contributed by atoms with E-state index < -0.39 is 0 Å². The normalized spacial score (nSPS) is 11.4. The molecule has 2 heterocycles. The maximum atomic E-state index is 10.5. The standard InChI is InChI=1S/C48H29N5/c1-50-48-45(52-41-22-12-10-20-38(41)39-21-11-13-23-42(39)52)28-32(31-49)29-46(48)53-43-27-25-36(51(34-15-4-2-5-16-34)35-17-6-3-7-18-35)30-40(43)47-37-19-9-8-14-33(37)24-26-44(47)53/h2-30H. The van der Waals surface area contributed by atoms with Crippen LogP contribution in [0.15, 0.2) is 176 Å². The zero-order chi connectivity index (χ0) is 35.5. The van der Waals surface area contributed by atoms with E-state index in [-0.39, 0.29) is 0 Å². The highest BCUT2D eigenvalue weighted by Crippen LogP contribution is 2.45. The van der Waals surface area contributed by atoms with Crippen molar-refractivity contribution in [1.29, 1.82) is 5.26 Å². The Labute approximate surface area is 305 Å². The van der Waals surface area contributed by atoms with Crippen molar-refractivity contribution >= 4 is 77.1 Å². The van der Waals surface area contributed by atoms with Crippen molar-refractivity contribution in [2.75, 3.05) is 4.90 Å². The third kappa shape index (κ3) is 4.62. The molecule has 0 aliphatic rings. The second kappa shape index (κ2) is 12.0. The van der Waals surface area contributed by atoms with Crippen molar-refractivity contribution in [2.45, 2.75) is 0 Å². The van der Waals surface area contributed by atoms with Crippen LogP contribution in [0, 0.1) is 17.9 Å². The fourth-order valence-corrected chi connectivity index (χ4v) is 8.08. The molecule has 8 aromatic carbocycles. The van der Waals surface area contributed by atoms with E-state index in [0.29, 0.717) is 22.6 Å². The van der Waals surface area contributed by atoms with Crippen molar-refractivity contribution in [1.82, 2.24) is 9.13 Å². The van der Waals surface area contributed by atoms with E-state index in [1.165, 1.54) is 0 Å². The highest BCUT2D eigenvalue weighted by Gasteiger charge is 2.24. The van der Waals surface area contributed by atoms with Crippen LogP contribution in [0.5, 0.6) is 0 Å². The summed E-state index contributed by atoms with van der Waals surface area (Å²) in [6.07, 6.45) is 0. The van der Waals surface area contributed by atoms with Gasteiger partial charge in [-0.25, -0.2) is 4.85 Å². The summed E-state index contributed by atoms with van der Waals surface area (Å²) in [4.78, 5) is 6.54. The molecular weight excluding hydrogens is 647 g/mol. The second-order valence-corrected chi connectivity index (χ2v) is 13.2. The van der Waals surface area contributed by atoms with Crippen LogP contribution >= 0.6 is 0 Å². The first-order valence-electron chi connectivity index (χ1n) is 17.5. The monoisotopic (exact) mass is 675 g/mol. The highest BCUT2D eigenvalue weighted by atomic mass is 15.1. The van der Waals surface area contributed by atoms with Crippen LogP contribution in [-0.2, 0) is 0 Å². The van der Waals surface area contributed by atoms with E-state index in [9.17, 15) is 5.26 Å². The lowest BCUT2D eigenvalue weighted by Crippen LogP contribution is -2.09. The quantitative estimate of drug-likeness (QED) is 0.170. The van der Waals surface area contributed by atoms with E-state index in [1.807, 2.05) is 48.5 Å². The first kappa shape index (κ1) is 30.2. The van der Waals surface area contributed by atoms with Crippen LogP contribution < -0.4 is 4.90 Å². The van der Waals surface area contributed by atoms with Crippen LogP contribution in [-0.4, -0.2) is 9.13 Å². The summed E-state index contributed by atoms with van der Waals surface area (Å²) in [5.74, 6) is 0. The van der Waals surface area contributed by atoms with Gasteiger partial charge in [0, 0.05) is 38.6 Å². The minimum absolute atomic E-state index is 0.474. The maximum Gasteiger partial charge on any atom is 0.234 e. The first-order chi connectivity index (χ1) is 26.2. The van der Waals surface area contributed by atoms with Gasteiger partial charge in [0.05, 0.1) is 51.6 Å². The topological polar surface area (TPSA) is 41.2 Å². The summed E-state index contributed by atoms with van der Waals surface area (Å²) >= 11 is 0. The van der Waals surface area contributed by atoms with Crippen LogP contribution in [0.25, 0.3) is 70.6 Å². The van der Waals surface area contributed by atoms with Crippen LogP contribution in [0.4, 0.5) is 22.7 Å². The van der Waals surface area contributed by atoms with Gasteiger partial charge in [-0.2, -0.15) is 5.26 Å². The number of para-hydroxylation sites is 4. The zero-order valence-electron chi connectivity index (χ0n) is 28.5. The molecule has 0 atom stereocenters. The summed E-state index contributed by atoms with van der Waals surface area (Å²) in [7, 11) is 0. The van der Waals surface area contributed by atoms with Gasteiger partial charge in [-0.1, -0.05) is 103 Å². The zero-order valence-corrected chi connectivity index (χ0v) is 28.5. The van der Waals surface area contributed by atoms with Gasteiger partial charge >= 0.3 is 0 Å². The maximum absolute atomic E-state index is 10.5. The number of fused-ring (bicyclic) bond motifs is 8. The molecule has 10 aromatic rings. The minimum atomic E-state index is 0.474. The predicted octanol–water partition coefficient (Wildman–Crippen LogP) is 12.9. The molecular formula is C48H29N5. The van der Waals surface area contributed by atoms with Crippen molar-refractivity contribution in [2.24, 2.45) is 0 Å². The number of nitriles is 1. The molecule has 0 fully saturated rings. The van der Waals surface area contributed by atoms with Crippen molar-refractivity contribution in [3.63, 3.8) is 0 Å². The Morgan fingerprint density at radius 1 is 0.472 bits per heavy atom. The smallest absolute Gasteiger partial charge is 0.234 e. The molecule has 0 saturated carbocycles.